The van der Waals surface area contributed by atoms with E-state index in [-0.39, 0.29) is 6.04 Å². The highest BCUT2D eigenvalue weighted by molar-refractivity contribution is 7.98. The fourth-order valence-corrected chi connectivity index (χ4v) is 4.16. The molecule has 3 aromatic rings. The monoisotopic (exact) mass is 357 g/mol. The molecule has 0 spiro atoms. The third-order valence-corrected chi connectivity index (χ3v) is 5.71. The van der Waals surface area contributed by atoms with E-state index >= 15 is 0 Å². The van der Waals surface area contributed by atoms with Crippen molar-refractivity contribution in [3.8, 4) is 0 Å². The lowest BCUT2D eigenvalue weighted by atomic mass is 10.3. The molecule has 0 aliphatic carbocycles. The minimum Gasteiger partial charge on any atom is -0.492 e. The van der Waals surface area contributed by atoms with Crippen LogP contribution in [-0.4, -0.2) is 21.8 Å². The number of aromatic nitrogens is 2. The largest absolute Gasteiger partial charge is 0.492 e. The Morgan fingerprint density at radius 1 is 1.29 bits per heavy atom. The van der Waals surface area contributed by atoms with Crippen molar-refractivity contribution < 1.29 is 4.74 Å². The Labute approximate surface area is 149 Å². The molecule has 2 N–H and O–H groups in total. The first-order valence-electron chi connectivity index (χ1n) is 7.60. The molecule has 1 aromatic carbocycles. The second-order valence-corrected chi connectivity index (χ2v) is 7.46. The second kappa shape index (κ2) is 8.28. The maximum atomic E-state index is 6.14. The van der Waals surface area contributed by atoms with E-state index < -0.39 is 0 Å². The van der Waals surface area contributed by atoms with Gasteiger partial charge in [-0.05, 0) is 18.2 Å². The van der Waals surface area contributed by atoms with Gasteiger partial charge in [0, 0.05) is 29.5 Å². The first kappa shape index (κ1) is 17.0. The lowest BCUT2D eigenvalue weighted by Crippen LogP contribution is -2.26. The first-order chi connectivity index (χ1) is 11.7. The fraction of sp³-hybridized carbons (Fsp3) is 0.222. The zero-order valence-corrected chi connectivity index (χ0v) is 14.9. The lowest BCUT2D eigenvalue weighted by Gasteiger charge is -2.15. The number of nitrogens with two attached hydrogens (primary N) is 1. The fourth-order valence-electron chi connectivity index (χ4n) is 2.11. The van der Waals surface area contributed by atoms with Gasteiger partial charge >= 0.3 is 0 Å². The minimum atomic E-state index is -0.193. The van der Waals surface area contributed by atoms with Gasteiger partial charge in [-0.1, -0.05) is 24.8 Å². The molecule has 0 saturated heterocycles. The second-order valence-electron chi connectivity index (χ2n) is 5.31. The zero-order chi connectivity index (χ0) is 16.8. The summed E-state index contributed by atoms with van der Waals surface area (Å²) in [4.78, 5) is 8.68. The molecule has 0 radical (unpaired) electrons. The molecule has 0 amide bonds. The molecular weight excluding hydrogens is 338 g/mol. The van der Waals surface area contributed by atoms with Crippen molar-refractivity contribution in [2.24, 2.45) is 5.73 Å². The Morgan fingerprint density at radius 2 is 2.17 bits per heavy atom. The van der Waals surface area contributed by atoms with Crippen molar-refractivity contribution in [2.75, 3.05) is 5.75 Å². The van der Waals surface area contributed by atoms with Gasteiger partial charge in [-0.15, -0.1) is 11.3 Å². The summed E-state index contributed by atoms with van der Waals surface area (Å²) >= 11 is 3.48. The molecule has 124 valence electrons. The van der Waals surface area contributed by atoms with Crippen LogP contribution in [0.3, 0.4) is 0 Å². The number of rotatable bonds is 8. The number of benzene rings is 1. The predicted octanol–water partition coefficient (Wildman–Crippen LogP) is 3.98. The van der Waals surface area contributed by atoms with Crippen LogP contribution >= 0.6 is 23.1 Å². The SMILES string of the molecule is C=C(OCc1cccnc1)[C@H](N)CSCc1nc2ccccc2s1. The number of hydrogen-bond acceptors (Lipinski definition) is 6. The maximum Gasteiger partial charge on any atom is 0.114 e. The van der Waals surface area contributed by atoms with Gasteiger partial charge in [-0.25, -0.2) is 4.98 Å². The van der Waals surface area contributed by atoms with Crippen LogP contribution in [-0.2, 0) is 17.1 Å². The van der Waals surface area contributed by atoms with Gasteiger partial charge in [-0.2, -0.15) is 11.8 Å². The summed E-state index contributed by atoms with van der Waals surface area (Å²) in [5.41, 5.74) is 8.21. The molecule has 2 heterocycles. The molecule has 24 heavy (non-hydrogen) atoms. The van der Waals surface area contributed by atoms with Gasteiger partial charge in [0.05, 0.1) is 16.3 Å². The summed E-state index contributed by atoms with van der Waals surface area (Å²) < 4.78 is 6.88. The number of thioether (sulfide) groups is 1. The number of hydrogen-bond donors (Lipinski definition) is 1. The first-order valence-corrected chi connectivity index (χ1v) is 9.58. The number of para-hydroxylation sites is 1. The van der Waals surface area contributed by atoms with Gasteiger partial charge in [0.25, 0.3) is 0 Å². The molecule has 0 unspecified atom stereocenters. The Bertz CT molecular complexity index is 771. The summed E-state index contributed by atoms with van der Waals surface area (Å²) in [6, 6.07) is 11.8. The summed E-state index contributed by atoms with van der Waals surface area (Å²) in [6.45, 7) is 4.38. The standard InChI is InChI=1S/C18H19N3OS2/c1-13(22-10-14-5-4-8-20-9-14)15(19)11-23-12-18-21-16-6-2-3-7-17(16)24-18/h2-9,15H,1,10-12,19H2/t15-/m1/s1. The van der Waals surface area contributed by atoms with Crippen molar-refractivity contribution in [2.45, 2.75) is 18.4 Å². The normalized spacial score (nSPS) is 12.2. The number of fused-ring (bicyclic) bond motifs is 1. The summed E-state index contributed by atoms with van der Waals surface area (Å²) in [5, 5.41) is 1.12. The quantitative estimate of drug-likeness (QED) is 0.618. The third kappa shape index (κ3) is 4.56. The number of pyridine rings is 1. The van der Waals surface area contributed by atoms with Crippen LogP contribution in [0.4, 0.5) is 0 Å². The molecule has 2 aromatic heterocycles. The van der Waals surface area contributed by atoms with Crippen molar-refractivity contribution >= 4 is 33.3 Å². The van der Waals surface area contributed by atoms with E-state index in [2.05, 4.69) is 22.6 Å². The van der Waals surface area contributed by atoms with E-state index in [0.29, 0.717) is 12.4 Å². The summed E-state index contributed by atoms with van der Waals surface area (Å²) in [5.74, 6) is 2.21. The van der Waals surface area contributed by atoms with Crippen molar-refractivity contribution in [3.05, 3.63) is 71.7 Å². The molecule has 0 fully saturated rings. The molecule has 6 heteroatoms. The molecule has 0 aliphatic heterocycles. The Morgan fingerprint density at radius 3 is 2.96 bits per heavy atom. The molecular formula is C18H19N3OS2. The van der Waals surface area contributed by atoms with Gasteiger partial charge in [0.15, 0.2) is 0 Å². The summed E-state index contributed by atoms with van der Waals surface area (Å²) in [6.07, 6.45) is 3.52. The van der Waals surface area contributed by atoms with Gasteiger partial charge in [-0.3, -0.25) is 4.98 Å². The van der Waals surface area contributed by atoms with E-state index in [0.717, 1.165) is 27.6 Å². The highest BCUT2D eigenvalue weighted by atomic mass is 32.2. The molecule has 3 rings (SSSR count). The van der Waals surface area contributed by atoms with Gasteiger partial charge in [0.1, 0.15) is 17.4 Å². The maximum absolute atomic E-state index is 6.14. The Hall–Kier alpha value is -1.89. The van der Waals surface area contributed by atoms with Crippen LogP contribution in [0.25, 0.3) is 10.2 Å². The highest BCUT2D eigenvalue weighted by Crippen LogP contribution is 2.25. The molecule has 1 atom stereocenters. The van der Waals surface area contributed by atoms with Gasteiger partial charge < -0.3 is 10.5 Å². The van der Waals surface area contributed by atoms with Crippen LogP contribution in [0.1, 0.15) is 10.6 Å². The zero-order valence-electron chi connectivity index (χ0n) is 13.2. The minimum absolute atomic E-state index is 0.193. The average molecular weight is 358 g/mol. The topological polar surface area (TPSA) is 61.0 Å². The van der Waals surface area contributed by atoms with Crippen LogP contribution in [0.2, 0.25) is 0 Å². The number of nitrogens with zero attached hydrogens (tertiary/aromatic N) is 2. The Kier molecular flexibility index (Phi) is 5.85. The van der Waals surface area contributed by atoms with Crippen LogP contribution in [0.15, 0.2) is 61.1 Å². The van der Waals surface area contributed by atoms with Crippen LogP contribution in [0, 0.1) is 0 Å². The van der Waals surface area contributed by atoms with Crippen molar-refractivity contribution in [1.29, 1.82) is 0 Å². The smallest absolute Gasteiger partial charge is 0.114 e. The Balaban J connectivity index is 1.43. The van der Waals surface area contributed by atoms with Crippen molar-refractivity contribution in [3.63, 3.8) is 0 Å². The lowest BCUT2D eigenvalue weighted by molar-refractivity contribution is 0.185. The molecule has 0 saturated carbocycles. The van der Waals surface area contributed by atoms with E-state index in [1.165, 1.54) is 4.70 Å². The van der Waals surface area contributed by atoms with E-state index in [1.807, 2.05) is 30.3 Å². The molecule has 4 nitrogen and oxygen atoms in total. The van der Waals surface area contributed by atoms with Crippen LogP contribution in [0.5, 0.6) is 0 Å². The predicted molar refractivity (Wildman–Crippen MR) is 102 cm³/mol. The average Bonchev–Trinajstić information content (AvgIpc) is 3.03. The van der Waals surface area contributed by atoms with E-state index in [4.69, 9.17) is 10.5 Å². The number of ether oxygens (including phenoxy) is 1. The van der Waals surface area contributed by atoms with Crippen LogP contribution < -0.4 is 5.73 Å². The highest BCUT2D eigenvalue weighted by Gasteiger charge is 2.10. The number of thiazole rings is 1. The third-order valence-electron chi connectivity index (χ3n) is 3.42. The summed E-state index contributed by atoms with van der Waals surface area (Å²) in [7, 11) is 0. The van der Waals surface area contributed by atoms with E-state index in [1.54, 1.807) is 35.5 Å². The molecule has 0 bridgehead atoms. The van der Waals surface area contributed by atoms with Crippen molar-refractivity contribution in [1.82, 2.24) is 9.97 Å². The van der Waals surface area contributed by atoms with Gasteiger partial charge in [0.2, 0.25) is 0 Å². The molecule has 0 aliphatic rings. The van der Waals surface area contributed by atoms with E-state index in [9.17, 15) is 0 Å².